The van der Waals surface area contributed by atoms with Crippen LogP contribution in [0.2, 0.25) is 0 Å². The highest BCUT2D eigenvalue weighted by atomic mass is 15.1. The Kier molecular flexibility index (Phi) is 11.0. The molecule has 0 aliphatic rings. The van der Waals surface area contributed by atoms with Gasteiger partial charge in [-0.2, -0.15) is 10.5 Å². The summed E-state index contributed by atoms with van der Waals surface area (Å²) in [7, 11) is 0. The Labute approximate surface area is 495 Å². The largest absolute Gasteiger partial charge is 0.306 e. The Morgan fingerprint density at radius 3 is 0.605 bits per heavy atom. The van der Waals surface area contributed by atoms with Crippen LogP contribution in [-0.2, 0) is 0 Å². The van der Waals surface area contributed by atoms with E-state index in [4.69, 9.17) is 0 Å². The Bertz CT molecular complexity index is 5070. The molecule has 0 radical (unpaired) electrons. The van der Waals surface area contributed by atoms with Crippen LogP contribution in [0.1, 0.15) is 11.1 Å². The zero-order valence-corrected chi connectivity index (χ0v) is 46.4. The van der Waals surface area contributed by atoms with Crippen molar-refractivity contribution in [2.45, 2.75) is 0 Å². The molecule has 0 aliphatic heterocycles. The van der Waals surface area contributed by atoms with Crippen molar-refractivity contribution in [3.05, 3.63) is 302 Å². The van der Waals surface area contributed by atoms with E-state index in [0.717, 1.165) is 132 Å². The number of nitrogens with zero attached hydrogens (tertiary/aromatic N) is 6. The molecule has 0 aliphatic carbocycles. The molecular formula is C80H48N6. The zero-order valence-electron chi connectivity index (χ0n) is 46.4. The summed E-state index contributed by atoms with van der Waals surface area (Å²) >= 11 is 0. The lowest BCUT2D eigenvalue weighted by atomic mass is 9.98. The van der Waals surface area contributed by atoms with Gasteiger partial charge in [0.05, 0.1) is 66.9 Å². The second kappa shape index (κ2) is 19.3. The highest BCUT2D eigenvalue weighted by Gasteiger charge is 2.35. The zero-order chi connectivity index (χ0) is 57.0. The van der Waals surface area contributed by atoms with E-state index in [0.29, 0.717) is 33.9 Å². The maximum absolute atomic E-state index is 13.0. The standard InChI is InChI=1S/C80H48N6/c81-49-67-77(83-69-33-17-13-29-59(69)60-30-14-18-34-70(60)83)79(85-73-41-37-55(51-21-5-1-6-22-51)45-63(73)64-46-56(38-42-74(64)85)52-23-7-2-8-24-52)68(50-82)80(78(67)84-71-35-19-15-31-61(71)62-32-16-20-36-72(62)84)86-75-43-39-57(53-25-9-3-10-26-53)47-65(75)66-48-58(40-44-76(66)86)54-27-11-4-12-28-54/h1-48H. The van der Waals surface area contributed by atoms with Gasteiger partial charge in [0.15, 0.2) is 0 Å². The average molecular weight is 1090 g/mol. The van der Waals surface area contributed by atoms with Gasteiger partial charge in [-0.15, -0.1) is 0 Å². The minimum absolute atomic E-state index is 0.397. The molecule has 0 atom stereocenters. The Balaban J connectivity index is 1.13. The maximum atomic E-state index is 13.0. The number of nitriles is 2. The molecule has 6 heteroatoms. The summed E-state index contributed by atoms with van der Waals surface area (Å²) in [6.07, 6.45) is 0. The minimum atomic E-state index is 0.397. The summed E-state index contributed by atoms with van der Waals surface area (Å²) < 4.78 is 9.11. The Hall–Kier alpha value is -12.0. The van der Waals surface area contributed by atoms with E-state index in [9.17, 15) is 10.5 Å². The number of rotatable bonds is 8. The molecule has 6 nitrogen and oxygen atoms in total. The first kappa shape index (κ1) is 48.7. The van der Waals surface area contributed by atoms with Gasteiger partial charge >= 0.3 is 0 Å². The second-order valence-electron chi connectivity index (χ2n) is 22.2. The highest BCUT2D eigenvalue weighted by molar-refractivity contribution is 6.17. The molecule has 0 fully saturated rings. The van der Waals surface area contributed by atoms with Crippen molar-refractivity contribution in [2.75, 3.05) is 0 Å². The number of fused-ring (bicyclic) bond motifs is 12. The van der Waals surface area contributed by atoms with Crippen LogP contribution in [0.15, 0.2) is 291 Å². The summed E-state index contributed by atoms with van der Waals surface area (Å²) in [6, 6.07) is 109. The molecule has 17 rings (SSSR count). The number of aromatic nitrogens is 4. The second-order valence-corrected chi connectivity index (χ2v) is 22.2. The van der Waals surface area contributed by atoms with Crippen LogP contribution in [0, 0.1) is 22.7 Å². The first-order chi connectivity index (χ1) is 42.6. The maximum Gasteiger partial charge on any atom is 0.104 e. The lowest BCUT2D eigenvalue weighted by Crippen LogP contribution is -2.16. The van der Waals surface area contributed by atoms with Gasteiger partial charge in [0.1, 0.15) is 23.3 Å². The van der Waals surface area contributed by atoms with Crippen molar-refractivity contribution < 1.29 is 0 Å². The van der Waals surface area contributed by atoms with Gasteiger partial charge < -0.3 is 18.3 Å². The minimum Gasteiger partial charge on any atom is -0.306 e. The van der Waals surface area contributed by atoms with E-state index >= 15 is 0 Å². The lowest BCUT2D eigenvalue weighted by molar-refractivity contribution is 1.02. The molecule has 0 saturated heterocycles. The summed E-state index contributed by atoms with van der Waals surface area (Å²) in [5, 5.41) is 34.2. The van der Waals surface area contributed by atoms with Crippen molar-refractivity contribution in [3.8, 4) is 79.4 Å². The van der Waals surface area contributed by atoms with Crippen molar-refractivity contribution in [2.24, 2.45) is 0 Å². The number of hydrogen-bond acceptors (Lipinski definition) is 2. The molecular weight excluding hydrogens is 1040 g/mol. The smallest absolute Gasteiger partial charge is 0.104 e. The fourth-order valence-electron chi connectivity index (χ4n) is 13.9. The molecule has 398 valence electrons. The number of para-hydroxylation sites is 4. The normalized spacial score (nSPS) is 11.7. The topological polar surface area (TPSA) is 67.3 Å². The van der Waals surface area contributed by atoms with Crippen LogP contribution >= 0.6 is 0 Å². The monoisotopic (exact) mass is 1090 g/mol. The molecule has 4 aromatic heterocycles. The molecule has 0 spiro atoms. The lowest BCUT2D eigenvalue weighted by Gasteiger charge is -2.27. The molecule has 86 heavy (non-hydrogen) atoms. The van der Waals surface area contributed by atoms with Gasteiger partial charge in [0.25, 0.3) is 0 Å². The molecule has 4 heterocycles. The highest BCUT2D eigenvalue weighted by Crippen LogP contribution is 2.50. The number of hydrogen-bond donors (Lipinski definition) is 0. The fourth-order valence-corrected chi connectivity index (χ4v) is 13.9. The van der Waals surface area contributed by atoms with E-state index in [1.54, 1.807) is 0 Å². The van der Waals surface area contributed by atoms with E-state index in [1.807, 2.05) is 0 Å². The van der Waals surface area contributed by atoms with Crippen molar-refractivity contribution in [1.82, 2.24) is 18.3 Å². The fraction of sp³-hybridized carbons (Fsp3) is 0. The Morgan fingerprint density at radius 2 is 0.384 bits per heavy atom. The van der Waals surface area contributed by atoms with Crippen LogP contribution in [0.25, 0.3) is 154 Å². The third-order valence-electron chi connectivity index (χ3n) is 17.6. The van der Waals surface area contributed by atoms with Crippen molar-refractivity contribution >= 4 is 87.2 Å². The van der Waals surface area contributed by atoms with E-state index < -0.39 is 0 Å². The predicted molar refractivity (Wildman–Crippen MR) is 355 cm³/mol. The molecule has 0 N–H and O–H groups in total. The Morgan fingerprint density at radius 1 is 0.186 bits per heavy atom. The third-order valence-corrected chi connectivity index (χ3v) is 17.6. The van der Waals surface area contributed by atoms with Crippen molar-refractivity contribution in [1.29, 1.82) is 10.5 Å². The summed E-state index contributed by atoms with van der Waals surface area (Å²) in [6.45, 7) is 0. The quantitative estimate of drug-likeness (QED) is 0.152. The van der Waals surface area contributed by atoms with E-state index in [2.05, 4.69) is 322 Å². The molecule has 17 aromatic rings. The first-order valence-electron chi connectivity index (χ1n) is 29.0. The molecule has 0 bridgehead atoms. The summed E-state index contributed by atoms with van der Waals surface area (Å²) in [4.78, 5) is 0. The SMILES string of the molecule is N#Cc1c(-n2c3ccccc3c3ccccc32)c(-n2c3ccc(-c4ccccc4)cc3c3cc(-c4ccccc4)ccc32)c(C#N)c(-n2c3ccc(-c4ccccc4)cc3c3cc(-c4ccccc4)ccc32)c1-n1c2ccccc2c2ccccc21. The van der Waals surface area contributed by atoms with Gasteiger partial charge in [-0.1, -0.05) is 218 Å². The predicted octanol–water partition coefficient (Wildman–Crippen LogP) is 20.5. The molecule has 13 aromatic carbocycles. The van der Waals surface area contributed by atoms with Gasteiger partial charge in [0, 0.05) is 43.1 Å². The average Bonchev–Trinajstić information content (AvgIpc) is 1.50. The molecule has 0 saturated carbocycles. The van der Waals surface area contributed by atoms with Gasteiger partial charge in [-0.3, -0.25) is 0 Å². The molecule has 0 amide bonds. The van der Waals surface area contributed by atoms with Crippen LogP contribution in [0.3, 0.4) is 0 Å². The van der Waals surface area contributed by atoms with E-state index in [1.165, 1.54) is 0 Å². The third kappa shape index (κ3) is 7.24. The van der Waals surface area contributed by atoms with E-state index in [-0.39, 0.29) is 0 Å². The van der Waals surface area contributed by atoms with Crippen LogP contribution in [0.5, 0.6) is 0 Å². The van der Waals surface area contributed by atoms with Crippen LogP contribution in [0.4, 0.5) is 0 Å². The van der Waals surface area contributed by atoms with Gasteiger partial charge in [-0.05, 0) is 117 Å². The summed E-state index contributed by atoms with van der Waals surface area (Å²) in [5.41, 5.74) is 19.1. The van der Waals surface area contributed by atoms with Gasteiger partial charge in [0.2, 0.25) is 0 Å². The molecule has 0 unspecified atom stereocenters. The van der Waals surface area contributed by atoms with Crippen LogP contribution < -0.4 is 0 Å². The van der Waals surface area contributed by atoms with Gasteiger partial charge in [-0.25, -0.2) is 0 Å². The van der Waals surface area contributed by atoms with Crippen molar-refractivity contribution in [3.63, 3.8) is 0 Å². The summed E-state index contributed by atoms with van der Waals surface area (Å²) in [5.74, 6) is 0. The first-order valence-corrected chi connectivity index (χ1v) is 29.0. The number of benzene rings is 13. The van der Waals surface area contributed by atoms with Crippen LogP contribution in [-0.4, -0.2) is 18.3 Å².